The molecule has 1 aliphatic carbocycles. The summed E-state index contributed by atoms with van der Waals surface area (Å²) < 4.78 is 55.6. The summed E-state index contributed by atoms with van der Waals surface area (Å²) in [4.78, 5) is 16.5. The maximum Gasteiger partial charge on any atom is 0.433 e. The summed E-state index contributed by atoms with van der Waals surface area (Å²) in [6, 6.07) is 4.11. The zero-order valence-electron chi connectivity index (χ0n) is 18.3. The molecule has 33 heavy (non-hydrogen) atoms. The Bertz CT molecular complexity index is 1170. The number of amides is 1. The lowest BCUT2D eigenvalue weighted by Crippen LogP contribution is -2.42. The minimum absolute atomic E-state index is 0.0673. The maximum absolute atomic E-state index is 13.8. The number of hydrogen-bond donors (Lipinski definition) is 2. The molecule has 2 atom stereocenters. The Kier molecular flexibility index (Phi) is 6.27. The normalized spacial score (nSPS) is 19.0. The van der Waals surface area contributed by atoms with Crippen molar-refractivity contribution in [2.24, 2.45) is 0 Å². The van der Waals surface area contributed by atoms with Crippen LogP contribution in [-0.4, -0.2) is 32.8 Å². The van der Waals surface area contributed by atoms with E-state index < -0.39 is 17.7 Å². The summed E-state index contributed by atoms with van der Waals surface area (Å²) in [6.07, 6.45) is -0.164. The third kappa shape index (κ3) is 4.94. The Morgan fingerprint density at radius 1 is 1.21 bits per heavy atom. The van der Waals surface area contributed by atoms with Gasteiger partial charge in [0.2, 0.25) is 0 Å². The van der Waals surface area contributed by atoms with E-state index in [0.717, 1.165) is 37.0 Å². The van der Waals surface area contributed by atoms with E-state index in [2.05, 4.69) is 20.7 Å². The maximum atomic E-state index is 13.8. The van der Waals surface area contributed by atoms with Crippen molar-refractivity contribution in [1.82, 2.24) is 20.1 Å². The molecule has 0 aliphatic heterocycles. The van der Waals surface area contributed by atoms with E-state index in [-0.39, 0.29) is 34.6 Å². The van der Waals surface area contributed by atoms with Gasteiger partial charge in [0.1, 0.15) is 17.2 Å². The van der Waals surface area contributed by atoms with Crippen LogP contribution in [0.2, 0.25) is 0 Å². The number of aromatic nitrogens is 3. The standard InChI is InChI=1S/C23H25F4N5O/c1-3-32-21(13(2)12-28-32)22(33)30-16-6-4-5-15(10-16)29-19-11-20(23(25,26)27)31-18-8-7-14(24)9-17(18)19/h7-9,11-12,15-16H,3-6,10H2,1-2H3,(H,29,31)(H,30,33)/t15-,16+/m0/s1. The monoisotopic (exact) mass is 463 g/mol. The summed E-state index contributed by atoms with van der Waals surface area (Å²) in [6.45, 7) is 4.30. The molecule has 10 heteroatoms. The third-order valence-corrected chi connectivity index (χ3v) is 5.97. The largest absolute Gasteiger partial charge is 0.433 e. The SMILES string of the molecule is CCn1ncc(C)c1C(=O)N[C@@H]1CCC[C@H](Nc2cc(C(F)(F)F)nc3ccc(F)cc23)C1. The lowest BCUT2D eigenvalue weighted by molar-refractivity contribution is -0.140. The lowest BCUT2D eigenvalue weighted by atomic mass is 9.90. The highest BCUT2D eigenvalue weighted by Gasteiger charge is 2.34. The second kappa shape index (κ2) is 8.99. The molecule has 4 rings (SSSR count). The number of aryl methyl sites for hydroxylation is 2. The number of nitrogens with zero attached hydrogens (tertiary/aromatic N) is 3. The molecule has 3 aromatic rings. The van der Waals surface area contributed by atoms with Gasteiger partial charge in [-0.2, -0.15) is 18.3 Å². The Morgan fingerprint density at radius 2 is 1.97 bits per heavy atom. The highest BCUT2D eigenvalue weighted by molar-refractivity contribution is 5.94. The summed E-state index contributed by atoms with van der Waals surface area (Å²) in [7, 11) is 0. The lowest BCUT2D eigenvalue weighted by Gasteiger charge is -2.31. The van der Waals surface area contributed by atoms with Gasteiger partial charge in [0, 0.05) is 29.7 Å². The first-order valence-corrected chi connectivity index (χ1v) is 10.9. The van der Waals surface area contributed by atoms with Crippen LogP contribution in [0.15, 0.2) is 30.5 Å². The first kappa shape index (κ1) is 23.0. The van der Waals surface area contributed by atoms with Crippen molar-refractivity contribution in [2.75, 3.05) is 5.32 Å². The molecule has 0 unspecified atom stereocenters. The Hall–Kier alpha value is -3.17. The number of nitrogens with one attached hydrogen (secondary N) is 2. The van der Waals surface area contributed by atoms with E-state index in [4.69, 9.17) is 0 Å². The number of pyridine rings is 1. The third-order valence-electron chi connectivity index (χ3n) is 5.97. The number of carbonyl (C=O) groups excluding carboxylic acids is 1. The molecule has 2 heterocycles. The van der Waals surface area contributed by atoms with Crippen LogP contribution < -0.4 is 10.6 Å². The molecule has 1 saturated carbocycles. The smallest absolute Gasteiger partial charge is 0.382 e. The van der Waals surface area contributed by atoms with Gasteiger partial charge in [-0.3, -0.25) is 9.48 Å². The Labute approximate surface area is 188 Å². The summed E-state index contributed by atoms with van der Waals surface area (Å²) >= 11 is 0. The van der Waals surface area contributed by atoms with Crippen molar-refractivity contribution in [3.63, 3.8) is 0 Å². The first-order chi connectivity index (χ1) is 15.7. The topological polar surface area (TPSA) is 71.8 Å². The number of halogens is 4. The van der Waals surface area contributed by atoms with Gasteiger partial charge in [-0.25, -0.2) is 9.37 Å². The molecule has 1 aliphatic rings. The molecular formula is C23H25F4N5O. The van der Waals surface area contributed by atoms with Crippen LogP contribution in [0.4, 0.5) is 23.2 Å². The van der Waals surface area contributed by atoms with Crippen LogP contribution in [0.5, 0.6) is 0 Å². The summed E-state index contributed by atoms with van der Waals surface area (Å²) in [5.41, 5.74) is 0.511. The van der Waals surface area contributed by atoms with Gasteiger partial charge in [-0.15, -0.1) is 0 Å². The van der Waals surface area contributed by atoms with Gasteiger partial charge in [-0.05, 0) is 69.4 Å². The van der Waals surface area contributed by atoms with Crippen molar-refractivity contribution in [3.8, 4) is 0 Å². The number of benzene rings is 1. The molecule has 1 amide bonds. The molecule has 176 valence electrons. The van der Waals surface area contributed by atoms with E-state index in [0.29, 0.717) is 18.7 Å². The van der Waals surface area contributed by atoms with Crippen molar-refractivity contribution >= 4 is 22.5 Å². The minimum Gasteiger partial charge on any atom is -0.382 e. The number of anilines is 1. The van der Waals surface area contributed by atoms with Crippen molar-refractivity contribution in [1.29, 1.82) is 0 Å². The predicted molar refractivity (Wildman–Crippen MR) is 116 cm³/mol. The van der Waals surface area contributed by atoms with Crippen LogP contribution in [0, 0.1) is 12.7 Å². The fraction of sp³-hybridized carbons (Fsp3) is 0.435. The van der Waals surface area contributed by atoms with Crippen molar-refractivity contribution in [2.45, 2.75) is 64.3 Å². The van der Waals surface area contributed by atoms with Gasteiger partial charge in [0.05, 0.1) is 11.7 Å². The van der Waals surface area contributed by atoms with Gasteiger partial charge < -0.3 is 10.6 Å². The highest BCUT2D eigenvalue weighted by atomic mass is 19.4. The second-order valence-corrected chi connectivity index (χ2v) is 8.38. The van der Waals surface area contributed by atoms with Gasteiger partial charge in [-0.1, -0.05) is 0 Å². The summed E-state index contributed by atoms with van der Waals surface area (Å²) in [5.74, 6) is -0.767. The van der Waals surface area contributed by atoms with E-state index >= 15 is 0 Å². The fourth-order valence-corrected chi connectivity index (χ4v) is 4.40. The fourth-order valence-electron chi connectivity index (χ4n) is 4.40. The molecule has 2 N–H and O–H groups in total. The molecule has 2 aromatic heterocycles. The molecule has 0 saturated heterocycles. The van der Waals surface area contributed by atoms with E-state index in [1.165, 1.54) is 12.1 Å². The molecule has 1 fully saturated rings. The van der Waals surface area contributed by atoms with Crippen LogP contribution >= 0.6 is 0 Å². The van der Waals surface area contributed by atoms with Crippen LogP contribution in [-0.2, 0) is 12.7 Å². The van der Waals surface area contributed by atoms with E-state index in [1.807, 2.05) is 13.8 Å². The number of hydrogen-bond acceptors (Lipinski definition) is 4. The summed E-state index contributed by atoms with van der Waals surface area (Å²) in [5, 5.41) is 10.7. The number of carbonyl (C=O) groups is 1. The number of fused-ring (bicyclic) bond motifs is 1. The molecule has 1 aromatic carbocycles. The van der Waals surface area contributed by atoms with Crippen LogP contribution in [0.25, 0.3) is 10.9 Å². The average molecular weight is 463 g/mol. The highest BCUT2D eigenvalue weighted by Crippen LogP contribution is 2.34. The van der Waals surface area contributed by atoms with E-state index in [9.17, 15) is 22.4 Å². The van der Waals surface area contributed by atoms with Crippen LogP contribution in [0.3, 0.4) is 0 Å². The van der Waals surface area contributed by atoms with Crippen LogP contribution in [0.1, 0.15) is 54.4 Å². The quantitative estimate of drug-likeness (QED) is 0.519. The predicted octanol–water partition coefficient (Wildman–Crippen LogP) is 5.07. The zero-order valence-corrected chi connectivity index (χ0v) is 18.3. The molecule has 0 bridgehead atoms. The Balaban J connectivity index is 1.54. The molecule has 0 spiro atoms. The van der Waals surface area contributed by atoms with Gasteiger partial charge in [0.25, 0.3) is 5.91 Å². The van der Waals surface area contributed by atoms with Crippen molar-refractivity contribution < 1.29 is 22.4 Å². The molecule has 6 nitrogen and oxygen atoms in total. The average Bonchev–Trinajstić information content (AvgIpc) is 3.14. The molecule has 0 radical (unpaired) electrons. The number of rotatable bonds is 5. The van der Waals surface area contributed by atoms with Gasteiger partial charge in [0.15, 0.2) is 0 Å². The van der Waals surface area contributed by atoms with Crippen molar-refractivity contribution in [3.05, 3.63) is 53.2 Å². The second-order valence-electron chi connectivity index (χ2n) is 8.38. The first-order valence-electron chi connectivity index (χ1n) is 10.9. The molecular weight excluding hydrogens is 438 g/mol. The van der Waals surface area contributed by atoms with E-state index in [1.54, 1.807) is 10.9 Å². The minimum atomic E-state index is -4.62. The zero-order chi connectivity index (χ0) is 23.8. The Morgan fingerprint density at radius 3 is 2.70 bits per heavy atom. The number of alkyl halides is 3. The van der Waals surface area contributed by atoms with Gasteiger partial charge >= 0.3 is 6.18 Å².